The fourth-order valence-corrected chi connectivity index (χ4v) is 0.588. The van der Waals surface area contributed by atoms with Gasteiger partial charge in [0.25, 0.3) is 12.4 Å². The molecule has 1 rings (SSSR count). The normalized spacial score (nSPS) is 9.30. The maximum Gasteiger partial charge on any atom is 0.299 e. The summed E-state index contributed by atoms with van der Waals surface area (Å²) in [4.78, 5) is 9.73. The van der Waals surface area contributed by atoms with Crippen molar-refractivity contribution in [1.82, 2.24) is 5.16 Å². The Morgan fingerprint density at radius 2 is 2.70 bits per heavy atom. The minimum absolute atomic E-state index is 0.130. The van der Waals surface area contributed by atoms with Gasteiger partial charge in [-0.3, -0.25) is 4.79 Å². The molecule has 10 heavy (non-hydrogen) atoms. The predicted octanol–water partition coefficient (Wildman–Crippen LogP) is 0.949. The fourth-order valence-electron chi connectivity index (χ4n) is 0.462. The van der Waals surface area contributed by atoms with Gasteiger partial charge in [-0.2, -0.15) is 0 Å². The largest absolute Gasteiger partial charge is 0.406 e. The summed E-state index contributed by atoms with van der Waals surface area (Å²) >= 11 is 5.36. The van der Waals surface area contributed by atoms with Crippen molar-refractivity contribution < 1.29 is 14.1 Å². The summed E-state index contributed by atoms with van der Waals surface area (Å²) in [6.07, 6.45) is 0. The number of hydrogen-bond acceptors (Lipinski definition) is 4. The van der Waals surface area contributed by atoms with Crippen molar-refractivity contribution in [3.63, 3.8) is 0 Å². The highest BCUT2D eigenvalue weighted by molar-refractivity contribution is 6.16. The lowest BCUT2D eigenvalue weighted by Crippen LogP contribution is -1.86. The molecular weight excluding hydrogens is 158 g/mol. The highest BCUT2D eigenvalue weighted by atomic mass is 35.5. The molecule has 0 N–H and O–H groups in total. The van der Waals surface area contributed by atoms with Crippen LogP contribution in [0.15, 0.2) is 10.6 Å². The fraction of sp³-hybridized carbons (Fsp3) is 0.200. The zero-order chi connectivity index (χ0) is 7.40. The monoisotopic (exact) mass is 161 g/mol. The van der Waals surface area contributed by atoms with Crippen LogP contribution in [0.25, 0.3) is 0 Å². The third kappa shape index (κ3) is 1.48. The molecule has 0 aliphatic heterocycles. The summed E-state index contributed by atoms with van der Waals surface area (Å²) < 4.78 is 8.94. The molecule has 0 aliphatic carbocycles. The lowest BCUT2D eigenvalue weighted by atomic mass is 10.5. The summed E-state index contributed by atoms with van der Waals surface area (Å²) in [7, 11) is 0. The van der Waals surface area contributed by atoms with E-state index in [0.29, 0.717) is 5.76 Å². The number of alkyl halides is 1. The number of carbonyl (C=O) groups excluding carboxylic acids is 1. The van der Waals surface area contributed by atoms with Gasteiger partial charge in [0.05, 0.1) is 5.88 Å². The van der Waals surface area contributed by atoms with Crippen LogP contribution in [0.5, 0.6) is 5.88 Å². The Kier molecular flexibility index (Phi) is 2.28. The predicted molar refractivity (Wildman–Crippen MR) is 32.8 cm³/mol. The first-order valence-corrected chi connectivity index (χ1v) is 3.02. The van der Waals surface area contributed by atoms with Crippen LogP contribution < -0.4 is 4.74 Å². The quantitative estimate of drug-likeness (QED) is 0.489. The molecule has 0 fully saturated rings. The lowest BCUT2D eigenvalue weighted by molar-refractivity contribution is -0.121. The van der Waals surface area contributed by atoms with E-state index in [1.807, 2.05) is 0 Å². The van der Waals surface area contributed by atoms with Gasteiger partial charge in [-0.1, -0.05) is 0 Å². The molecule has 4 nitrogen and oxygen atoms in total. The molecule has 1 heterocycles. The molecule has 1 aromatic rings. The minimum Gasteiger partial charge on any atom is -0.406 e. The molecule has 0 saturated heterocycles. The molecule has 0 aliphatic rings. The van der Waals surface area contributed by atoms with Crippen LogP contribution in [0.2, 0.25) is 0 Å². The van der Waals surface area contributed by atoms with Crippen LogP contribution >= 0.6 is 11.6 Å². The van der Waals surface area contributed by atoms with E-state index < -0.39 is 0 Å². The second-order valence-corrected chi connectivity index (χ2v) is 1.75. The van der Waals surface area contributed by atoms with Crippen LogP contribution in [0.4, 0.5) is 0 Å². The third-order valence-electron chi connectivity index (χ3n) is 0.838. The minimum atomic E-state index is 0.130. The van der Waals surface area contributed by atoms with Crippen molar-refractivity contribution in [2.24, 2.45) is 0 Å². The number of rotatable bonds is 3. The van der Waals surface area contributed by atoms with Gasteiger partial charge in [0.15, 0.2) is 5.76 Å². The maximum absolute atomic E-state index is 9.73. The van der Waals surface area contributed by atoms with Crippen molar-refractivity contribution in [2.75, 3.05) is 0 Å². The molecule has 0 bridgehead atoms. The molecular formula is C5H4ClNO3. The highest BCUT2D eigenvalue weighted by Crippen LogP contribution is 2.11. The van der Waals surface area contributed by atoms with Gasteiger partial charge >= 0.3 is 0 Å². The standard InChI is InChI=1S/C5H4ClNO3/c6-2-4-1-5(7-10-4)9-3-8/h1,3H,2H2. The summed E-state index contributed by atoms with van der Waals surface area (Å²) in [5.41, 5.74) is 0. The Morgan fingerprint density at radius 1 is 1.90 bits per heavy atom. The zero-order valence-corrected chi connectivity index (χ0v) is 5.67. The molecule has 0 saturated carbocycles. The molecule has 0 aromatic carbocycles. The summed E-state index contributed by atoms with van der Waals surface area (Å²) in [5.74, 6) is 0.819. The van der Waals surface area contributed by atoms with Gasteiger partial charge in [-0.15, -0.1) is 11.6 Å². The Bertz CT molecular complexity index is 222. The summed E-state index contributed by atoms with van der Waals surface area (Å²) in [5, 5.41) is 3.36. The van der Waals surface area contributed by atoms with Crippen molar-refractivity contribution in [3.8, 4) is 5.88 Å². The molecule has 0 unspecified atom stereocenters. The third-order valence-corrected chi connectivity index (χ3v) is 1.10. The molecule has 54 valence electrons. The number of ether oxygens (including phenoxy) is 1. The number of nitrogens with zero attached hydrogens (tertiary/aromatic N) is 1. The lowest BCUT2D eigenvalue weighted by Gasteiger charge is -1.81. The van der Waals surface area contributed by atoms with Crippen molar-refractivity contribution in [1.29, 1.82) is 0 Å². The number of aromatic nitrogens is 1. The zero-order valence-electron chi connectivity index (χ0n) is 4.91. The average Bonchev–Trinajstić information content (AvgIpc) is 2.37. The van der Waals surface area contributed by atoms with Gasteiger partial charge in [-0.05, 0) is 5.16 Å². The Hall–Kier alpha value is -1.03. The van der Waals surface area contributed by atoms with Gasteiger partial charge in [-0.25, -0.2) is 0 Å². The van der Waals surface area contributed by atoms with Crippen LogP contribution in [-0.4, -0.2) is 11.6 Å². The molecule has 0 radical (unpaired) electrons. The van der Waals surface area contributed by atoms with E-state index >= 15 is 0 Å². The van der Waals surface area contributed by atoms with Gasteiger partial charge < -0.3 is 9.26 Å². The Morgan fingerprint density at radius 3 is 3.20 bits per heavy atom. The highest BCUT2D eigenvalue weighted by Gasteiger charge is 2.01. The van der Waals surface area contributed by atoms with Crippen LogP contribution in [-0.2, 0) is 10.7 Å². The van der Waals surface area contributed by atoms with Crippen LogP contribution in [0, 0.1) is 0 Å². The molecule has 0 amide bonds. The topological polar surface area (TPSA) is 52.3 Å². The summed E-state index contributed by atoms with van der Waals surface area (Å²) in [6, 6.07) is 1.45. The number of carbonyl (C=O) groups is 1. The van der Waals surface area contributed by atoms with E-state index in [1.165, 1.54) is 6.07 Å². The van der Waals surface area contributed by atoms with Gasteiger partial charge in [0, 0.05) is 6.07 Å². The molecule has 0 spiro atoms. The Labute approximate surface area is 61.7 Å². The first-order chi connectivity index (χ1) is 4.86. The van der Waals surface area contributed by atoms with E-state index in [0.717, 1.165) is 0 Å². The number of halogens is 1. The Balaban J connectivity index is 2.67. The molecule has 1 aromatic heterocycles. The van der Waals surface area contributed by atoms with Crippen LogP contribution in [0.3, 0.4) is 0 Å². The van der Waals surface area contributed by atoms with Crippen molar-refractivity contribution in [3.05, 3.63) is 11.8 Å². The van der Waals surface area contributed by atoms with Gasteiger partial charge in [0.2, 0.25) is 0 Å². The van der Waals surface area contributed by atoms with E-state index in [2.05, 4.69) is 14.4 Å². The molecule has 5 heteroatoms. The van der Waals surface area contributed by atoms with Crippen molar-refractivity contribution >= 4 is 18.1 Å². The first kappa shape index (κ1) is 7.08. The SMILES string of the molecule is O=COc1cc(CCl)on1. The molecule has 0 atom stereocenters. The van der Waals surface area contributed by atoms with Crippen molar-refractivity contribution in [2.45, 2.75) is 5.88 Å². The van der Waals surface area contributed by atoms with E-state index in [1.54, 1.807) is 0 Å². The number of hydrogen-bond donors (Lipinski definition) is 0. The first-order valence-electron chi connectivity index (χ1n) is 2.48. The van der Waals surface area contributed by atoms with Crippen LogP contribution in [0.1, 0.15) is 5.76 Å². The van der Waals surface area contributed by atoms with E-state index in [9.17, 15) is 4.79 Å². The maximum atomic E-state index is 9.73. The second kappa shape index (κ2) is 3.22. The van der Waals surface area contributed by atoms with Gasteiger partial charge in [0.1, 0.15) is 0 Å². The van der Waals surface area contributed by atoms with E-state index in [4.69, 9.17) is 11.6 Å². The van der Waals surface area contributed by atoms with E-state index in [-0.39, 0.29) is 18.2 Å². The average molecular weight is 162 g/mol. The smallest absolute Gasteiger partial charge is 0.299 e. The second-order valence-electron chi connectivity index (χ2n) is 1.48. The summed E-state index contributed by atoms with van der Waals surface area (Å²) in [6.45, 7) is 0.274.